The Bertz CT molecular complexity index is 1390. The van der Waals surface area contributed by atoms with Gasteiger partial charge in [0.2, 0.25) is 0 Å². The number of carbonyl (C=O) groups is 2. The molecular formula is C48H76NO8P. The second-order valence-corrected chi connectivity index (χ2v) is 16.1. The predicted octanol–water partition coefficient (Wildman–Crippen LogP) is 11.5. The molecule has 0 aromatic heterocycles. The topological polar surface area (TPSA) is 111 Å². The van der Waals surface area contributed by atoms with Crippen LogP contribution in [0.15, 0.2) is 122 Å². The third kappa shape index (κ3) is 42.0. The zero-order chi connectivity index (χ0) is 42.8. The van der Waals surface area contributed by atoms with Crippen molar-refractivity contribution in [3.63, 3.8) is 0 Å². The number of hydrogen-bond donors (Lipinski definition) is 0. The van der Waals surface area contributed by atoms with Gasteiger partial charge in [0, 0.05) is 12.8 Å². The zero-order valence-corrected chi connectivity index (χ0v) is 37.3. The molecule has 0 N–H and O–H groups in total. The third-order valence-electron chi connectivity index (χ3n) is 8.09. The van der Waals surface area contributed by atoms with E-state index >= 15 is 0 Å². The molecule has 9 nitrogen and oxygen atoms in total. The average molecular weight is 826 g/mol. The van der Waals surface area contributed by atoms with Crippen molar-refractivity contribution < 1.29 is 42.1 Å². The van der Waals surface area contributed by atoms with Crippen LogP contribution in [0.5, 0.6) is 0 Å². The van der Waals surface area contributed by atoms with Crippen LogP contribution >= 0.6 is 7.82 Å². The highest BCUT2D eigenvalue weighted by atomic mass is 31.2. The minimum atomic E-state index is -4.66. The molecule has 2 atom stereocenters. The molecule has 0 radical (unpaired) electrons. The molecule has 0 saturated heterocycles. The molecule has 0 aromatic rings. The lowest BCUT2D eigenvalue weighted by Gasteiger charge is -2.28. The van der Waals surface area contributed by atoms with Gasteiger partial charge >= 0.3 is 11.9 Å². The van der Waals surface area contributed by atoms with Crippen molar-refractivity contribution in [3.05, 3.63) is 122 Å². The van der Waals surface area contributed by atoms with Gasteiger partial charge < -0.3 is 27.9 Å². The molecule has 0 saturated carbocycles. The number of likely N-dealkylation sites (N-methyl/N-ethyl adjacent to an activating group) is 1. The maximum absolute atomic E-state index is 12.7. The van der Waals surface area contributed by atoms with Crippen LogP contribution in [0.2, 0.25) is 0 Å². The van der Waals surface area contributed by atoms with Gasteiger partial charge in [-0.05, 0) is 70.6 Å². The fourth-order valence-corrected chi connectivity index (χ4v) is 5.53. The summed E-state index contributed by atoms with van der Waals surface area (Å²) < 4.78 is 33.7. The van der Waals surface area contributed by atoms with E-state index in [0.717, 1.165) is 77.0 Å². The molecule has 0 bridgehead atoms. The summed E-state index contributed by atoms with van der Waals surface area (Å²) >= 11 is 0. The normalized spacial score (nSPS) is 14.8. The third-order valence-corrected chi connectivity index (χ3v) is 9.05. The van der Waals surface area contributed by atoms with Crippen LogP contribution < -0.4 is 4.89 Å². The number of ether oxygens (including phenoxy) is 2. The molecule has 0 spiro atoms. The molecule has 0 fully saturated rings. The number of hydrogen-bond acceptors (Lipinski definition) is 8. The van der Waals surface area contributed by atoms with Gasteiger partial charge in [-0.3, -0.25) is 14.2 Å². The van der Waals surface area contributed by atoms with E-state index in [1.807, 2.05) is 63.7 Å². The SMILES string of the molecule is CC/C=C/C=C/C=C/C=C/CCCCCCCC(=O)O[C@H](COC(=O)CC/C=C/C/C=C/C/C=C/C/C=C/C/C=C/C/C=C/CC)COP(=O)([O-])OCC[N+](C)(C)C. The Hall–Kier alpha value is -3.59. The molecule has 58 heavy (non-hydrogen) atoms. The van der Waals surface area contributed by atoms with E-state index in [-0.39, 0.29) is 26.1 Å². The van der Waals surface area contributed by atoms with Crippen molar-refractivity contribution in [3.8, 4) is 0 Å². The summed E-state index contributed by atoms with van der Waals surface area (Å²) in [4.78, 5) is 37.5. The van der Waals surface area contributed by atoms with Gasteiger partial charge in [0.15, 0.2) is 6.10 Å². The second kappa shape index (κ2) is 38.9. The lowest BCUT2D eigenvalue weighted by atomic mass is 10.1. The predicted molar refractivity (Wildman–Crippen MR) is 240 cm³/mol. The van der Waals surface area contributed by atoms with Gasteiger partial charge in [0.25, 0.3) is 7.82 Å². The fraction of sp³-hybridized carbons (Fsp3) is 0.542. The molecule has 326 valence electrons. The monoisotopic (exact) mass is 826 g/mol. The lowest BCUT2D eigenvalue weighted by molar-refractivity contribution is -0.870. The van der Waals surface area contributed by atoms with Crippen molar-refractivity contribution in [2.45, 2.75) is 123 Å². The maximum atomic E-state index is 12.7. The first-order valence-corrected chi connectivity index (χ1v) is 22.8. The van der Waals surface area contributed by atoms with E-state index in [2.05, 4.69) is 92.8 Å². The number of phosphoric ester groups is 1. The van der Waals surface area contributed by atoms with Gasteiger partial charge in [-0.2, -0.15) is 0 Å². The molecule has 0 aliphatic heterocycles. The first-order valence-electron chi connectivity index (χ1n) is 21.3. The largest absolute Gasteiger partial charge is 0.756 e. The number of esters is 2. The number of unbranched alkanes of at least 4 members (excludes halogenated alkanes) is 5. The van der Waals surface area contributed by atoms with Crippen molar-refractivity contribution >= 4 is 19.8 Å². The lowest BCUT2D eigenvalue weighted by Crippen LogP contribution is -2.37. The Kier molecular flexibility index (Phi) is 36.5. The van der Waals surface area contributed by atoms with E-state index in [9.17, 15) is 19.0 Å². The van der Waals surface area contributed by atoms with Crippen LogP contribution in [-0.4, -0.2) is 70.0 Å². The highest BCUT2D eigenvalue weighted by molar-refractivity contribution is 7.45. The minimum Gasteiger partial charge on any atom is -0.756 e. The van der Waals surface area contributed by atoms with Gasteiger partial charge in [-0.15, -0.1) is 0 Å². The van der Waals surface area contributed by atoms with Crippen molar-refractivity contribution in [2.75, 3.05) is 47.5 Å². The summed E-state index contributed by atoms with van der Waals surface area (Å²) in [6, 6.07) is 0. The molecule has 0 aliphatic carbocycles. The molecule has 0 amide bonds. The molecule has 0 heterocycles. The van der Waals surface area contributed by atoms with Gasteiger partial charge in [-0.25, -0.2) is 0 Å². The number of allylic oxidation sites excluding steroid dienone is 20. The molecule has 0 rings (SSSR count). The number of quaternary nitrogens is 1. The fourth-order valence-electron chi connectivity index (χ4n) is 4.81. The standard InChI is InChI=1S/C48H76NO8P/c1-6-8-10-12-14-16-18-20-22-23-24-25-27-28-30-32-34-36-38-40-47(50)54-44-46(45-56-58(52,53)55-43-42-49(3,4)5)57-48(51)41-39-37-35-33-31-29-26-21-19-17-15-13-11-9-7-2/h8-11,13-17,19-22,24-26,28,30,34,36,46H,6-7,12,18,23,27,29,31-33,35,37-45H2,1-5H3/b10-8+,11-9+,15-13+,16-14+,19-17+,22-20+,25-24+,26-21+,30-28+,36-34+/t46-/m1/s1. The van der Waals surface area contributed by atoms with Crippen LogP contribution in [-0.2, 0) is 32.7 Å². The number of carbonyl (C=O) groups excluding carboxylic acids is 2. The number of nitrogens with zero attached hydrogens (tertiary/aromatic N) is 1. The Morgan fingerprint density at radius 3 is 1.62 bits per heavy atom. The number of phosphoric acid groups is 1. The van der Waals surface area contributed by atoms with Gasteiger partial charge in [0.05, 0.1) is 27.7 Å². The molecule has 0 aliphatic rings. The van der Waals surface area contributed by atoms with Crippen LogP contribution in [0.25, 0.3) is 0 Å². The quantitative estimate of drug-likeness (QED) is 0.0153. The smallest absolute Gasteiger partial charge is 0.306 e. The van der Waals surface area contributed by atoms with Crippen LogP contribution in [0.4, 0.5) is 0 Å². The summed E-state index contributed by atoms with van der Waals surface area (Å²) in [6.07, 6.45) is 53.8. The van der Waals surface area contributed by atoms with Gasteiger partial charge in [-0.1, -0.05) is 155 Å². The summed E-state index contributed by atoms with van der Waals surface area (Å²) in [5, 5.41) is 0. The molecule has 1 unspecified atom stereocenters. The molecule has 10 heteroatoms. The Labute approximate surface area is 352 Å². The average Bonchev–Trinajstić information content (AvgIpc) is 3.17. The van der Waals surface area contributed by atoms with Crippen LogP contribution in [0.3, 0.4) is 0 Å². The summed E-state index contributed by atoms with van der Waals surface area (Å²) in [5.41, 5.74) is 0. The van der Waals surface area contributed by atoms with E-state index in [1.54, 1.807) is 0 Å². The van der Waals surface area contributed by atoms with E-state index in [0.29, 0.717) is 23.9 Å². The zero-order valence-electron chi connectivity index (χ0n) is 36.4. The summed E-state index contributed by atoms with van der Waals surface area (Å²) in [5.74, 6) is -0.976. The maximum Gasteiger partial charge on any atom is 0.306 e. The Balaban J connectivity index is 4.57. The first-order chi connectivity index (χ1) is 28.0. The van der Waals surface area contributed by atoms with Crippen molar-refractivity contribution in [2.24, 2.45) is 0 Å². The van der Waals surface area contributed by atoms with Crippen molar-refractivity contribution in [1.29, 1.82) is 0 Å². The van der Waals surface area contributed by atoms with E-state index in [4.69, 9.17) is 18.5 Å². The summed E-state index contributed by atoms with van der Waals surface area (Å²) in [7, 11) is 1.08. The summed E-state index contributed by atoms with van der Waals surface area (Å²) in [6.45, 7) is 3.81. The van der Waals surface area contributed by atoms with Crippen molar-refractivity contribution in [1.82, 2.24) is 0 Å². The van der Waals surface area contributed by atoms with E-state index < -0.39 is 32.5 Å². The highest BCUT2D eigenvalue weighted by Gasteiger charge is 2.21. The Morgan fingerprint density at radius 2 is 1.05 bits per heavy atom. The molecular weight excluding hydrogens is 750 g/mol. The first kappa shape index (κ1) is 54.4. The number of rotatable bonds is 36. The van der Waals surface area contributed by atoms with Crippen LogP contribution in [0, 0.1) is 0 Å². The van der Waals surface area contributed by atoms with E-state index in [1.165, 1.54) is 0 Å². The highest BCUT2D eigenvalue weighted by Crippen LogP contribution is 2.38. The molecule has 0 aromatic carbocycles. The van der Waals surface area contributed by atoms with Gasteiger partial charge in [0.1, 0.15) is 19.8 Å². The van der Waals surface area contributed by atoms with Crippen LogP contribution in [0.1, 0.15) is 117 Å². The Morgan fingerprint density at radius 1 is 0.552 bits per heavy atom. The minimum absolute atomic E-state index is 0.0551. The second-order valence-electron chi connectivity index (χ2n) is 14.7.